The lowest BCUT2D eigenvalue weighted by molar-refractivity contribution is 0.0593. The van der Waals surface area contributed by atoms with E-state index in [9.17, 15) is 36.0 Å². The molecule has 0 radical (unpaired) electrons. The van der Waals surface area contributed by atoms with Crippen LogP contribution in [0, 0.1) is 0 Å². The molecule has 4 aromatic carbocycles. The van der Waals surface area contributed by atoms with Crippen molar-refractivity contribution in [3.63, 3.8) is 0 Å². The van der Waals surface area contributed by atoms with Gasteiger partial charge in [0.1, 0.15) is 21.2 Å². The first kappa shape index (κ1) is 36.7. The van der Waals surface area contributed by atoms with Crippen LogP contribution in [-0.2, 0) is 29.5 Å². The van der Waals surface area contributed by atoms with Crippen molar-refractivity contribution in [2.45, 2.75) is 9.79 Å². The minimum absolute atomic E-state index is 0.0326. The highest BCUT2D eigenvalue weighted by Crippen LogP contribution is 2.28. The third-order valence-corrected chi connectivity index (χ3v) is 10.1. The van der Waals surface area contributed by atoms with Crippen LogP contribution in [0.1, 0.15) is 41.7 Å². The second-order valence-corrected chi connectivity index (χ2v) is 13.9. The van der Waals surface area contributed by atoms with E-state index in [0.717, 1.165) is 14.2 Å². The fourth-order valence-corrected chi connectivity index (χ4v) is 7.28. The first-order valence-corrected chi connectivity index (χ1v) is 18.0. The zero-order chi connectivity index (χ0) is 37.5. The summed E-state index contributed by atoms with van der Waals surface area (Å²) in [6, 6.07) is 26.6. The molecule has 52 heavy (non-hydrogen) atoms. The van der Waals surface area contributed by atoms with E-state index >= 15 is 0 Å². The number of pyridine rings is 1. The number of esters is 2. The number of benzene rings is 4. The largest absolute Gasteiger partial charge is 0.465 e. The summed E-state index contributed by atoms with van der Waals surface area (Å²) in [5.41, 5.74) is -0.972. The quantitative estimate of drug-likeness (QED) is 0.128. The van der Waals surface area contributed by atoms with Crippen LogP contribution in [0.3, 0.4) is 0 Å². The molecule has 0 aliphatic carbocycles. The van der Waals surface area contributed by atoms with Gasteiger partial charge in [-0.05, 0) is 60.7 Å². The smallest absolute Gasteiger partial charge is 0.339 e. The molecule has 0 aliphatic rings. The Hall–Kier alpha value is -6.59. The third kappa shape index (κ3) is 8.23. The summed E-state index contributed by atoms with van der Waals surface area (Å²) in [5, 5.41) is 4.98. The Morgan fingerprint density at radius 2 is 0.827 bits per heavy atom. The molecule has 1 aromatic heterocycles. The highest BCUT2D eigenvalue weighted by atomic mass is 32.2. The van der Waals surface area contributed by atoms with E-state index in [4.69, 9.17) is 9.47 Å². The van der Waals surface area contributed by atoms with Crippen molar-refractivity contribution in [3.05, 3.63) is 138 Å². The lowest BCUT2D eigenvalue weighted by atomic mass is 10.2. The normalized spacial score (nSPS) is 11.1. The molecule has 4 N–H and O–H groups in total. The Kier molecular flexibility index (Phi) is 11.0. The predicted molar refractivity (Wildman–Crippen MR) is 190 cm³/mol. The number of hydrogen-bond donors (Lipinski definition) is 4. The fourth-order valence-electron chi connectivity index (χ4n) is 4.79. The van der Waals surface area contributed by atoms with Gasteiger partial charge in [-0.25, -0.2) is 31.4 Å². The minimum Gasteiger partial charge on any atom is -0.465 e. The molecular formula is C35H29N5O10S2. The lowest BCUT2D eigenvalue weighted by Crippen LogP contribution is -2.22. The van der Waals surface area contributed by atoms with Gasteiger partial charge >= 0.3 is 11.9 Å². The van der Waals surface area contributed by atoms with Crippen molar-refractivity contribution >= 4 is 66.5 Å². The van der Waals surface area contributed by atoms with Crippen LogP contribution in [0.5, 0.6) is 0 Å². The van der Waals surface area contributed by atoms with E-state index < -0.39 is 43.8 Å². The van der Waals surface area contributed by atoms with Gasteiger partial charge < -0.3 is 20.1 Å². The molecule has 5 rings (SSSR count). The molecule has 15 nitrogen and oxygen atoms in total. The summed E-state index contributed by atoms with van der Waals surface area (Å²) < 4.78 is 67.9. The molecule has 0 unspecified atom stereocenters. The first-order chi connectivity index (χ1) is 24.8. The average molecular weight is 744 g/mol. The number of nitrogens with zero attached hydrogens (tertiary/aromatic N) is 1. The summed E-state index contributed by atoms with van der Waals surface area (Å²) in [4.78, 5) is 54.4. The zero-order valence-corrected chi connectivity index (χ0v) is 28.9. The van der Waals surface area contributed by atoms with Crippen LogP contribution in [0.4, 0.5) is 22.7 Å². The Labute approximate surface area is 298 Å². The maximum atomic E-state index is 13.4. The maximum absolute atomic E-state index is 13.4. The number of carbonyl (C=O) groups is 4. The monoisotopic (exact) mass is 743 g/mol. The van der Waals surface area contributed by atoms with Crippen LogP contribution < -0.4 is 20.1 Å². The van der Waals surface area contributed by atoms with Gasteiger partial charge in [-0.2, -0.15) is 0 Å². The van der Waals surface area contributed by atoms with Crippen molar-refractivity contribution in [1.82, 2.24) is 4.98 Å². The lowest BCUT2D eigenvalue weighted by Gasteiger charge is -2.15. The van der Waals surface area contributed by atoms with Crippen molar-refractivity contribution in [1.29, 1.82) is 0 Å². The van der Waals surface area contributed by atoms with Gasteiger partial charge in [0.05, 0.1) is 48.1 Å². The van der Waals surface area contributed by atoms with E-state index in [1.54, 1.807) is 0 Å². The Morgan fingerprint density at radius 3 is 1.21 bits per heavy atom. The average Bonchev–Trinajstić information content (AvgIpc) is 3.14. The van der Waals surface area contributed by atoms with E-state index in [1.165, 1.54) is 115 Å². The summed E-state index contributed by atoms with van der Waals surface area (Å²) in [7, 11) is -6.43. The summed E-state index contributed by atoms with van der Waals surface area (Å²) >= 11 is 0. The SMILES string of the molecule is COC(=O)c1ccccc1NS(=O)(=O)c1ccccc1NC(=O)c1cccc(C(=O)Nc2ccccc2S(=O)(=O)Nc2ccccc2C(=O)OC)n1. The Balaban J connectivity index is 1.35. The number of methoxy groups -OCH3 is 2. The van der Waals surface area contributed by atoms with E-state index in [0.29, 0.717) is 0 Å². The van der Waals surface area contributed by atoms with E-state index in [-0.39, 0.29) is 55.1 Å². The van der Waals surface area contributed by atoms with Crippen LogP contribution in [0.25, 0.3) is 0 Å². The fraction of sp³-hybridized carbons (Fsp3) is 0.0571. The summed E-state index contributed by atoms with van der Waals surface area (Å²) in [6.45, 7) is 0. The molecule has 0 spiro atoms. The van der Waals surface area contributed by atoms with Crippen LogP contribution in [0.2, 0.25) is 0 Å². The molecule has 5 aromatic rings. The second-order valence-electron chi connectivity index (χ2n) is 10.6. The van der Waals surface area contributed by atoms with Gasteiger partial charge in [-0.1, -0.05) is 54.6 Å². The standard InChI is InChI=1S/C35H29N5O10S2/c1-49-34(43)22-12-3-5-14-24(22)39-51(45,46)30-20-9-7-16-26(30)37-32(41)28-18-11-19-29(36-28)33(42)38-27-17-8-10-21-31(27)52(47,48)40-25-15-6-4-13-23(25)35(44)50-2/h3-21,39-40H,1-2H3,(H,37,41)(H,38,42). The third-order valence-electron chi connectivity index (χ3n) is 7.22. The number of aromatic nitrogens is 1. The Bertz CT molecular complexity index is 2250. The van der Waals surface area contributed by atoms with Gasteiger partial charge in [0.2, 0.25) is 0 Å². The first-order valence-electron chi connectivity index (χ1n) is 15.0. The van der Waals surface area contributed by atoms with Crippen LogP contribution in [0.15, 0.2) is 125 Å². The van der Waals surface area contributed by atoms with Crippen molar-refractivity contribution in [2.24, 2.45) is 0 Å². The van der Waals surface area contributed by atoms with Crippen LogP contribution >= 0.6 is 0 Å². The number of ether oxygens (including phenoxy) is 2. The minimum atomic E-state index is -4.37. The van der Waals surface area contributed by atoms with E-state index in [2.05, 4.69) is 25.1 Å². The molecule has 0 fully saturated rings. The number of rotatable bonds is 12. The van der Waals surface area contributed by atoms with Gasteiger partial charge in [0.15, 0.2) is 0 Å². The van der Waals surface area contributed by atoms with Crippen molar-refractivity contribution in [2.75, 3.05) is 34.3 Å². The number of anilines is 4. The molecule has 0 aliphatic heterocycles. The maximum Gasteiger partial charge on any atom is 0.339 e. The zero-order valence-electron chi connectivity index (χ0n) is 27.3. The summed E-state index contributed by atoms with van der Waals surface area (Å²) in [6.07, 6.45) is 0. The van der Waals surface area contributed by atoms with Gasteiger partial charge in [0.25, 0.3) is 31.9 Å². The molecule has 17 heteroatoms. The van der Waals surface area contributed by atoms with E-state index in [1.807, 2.05) is 0 Å². The number of hydrogen-bond acceptors (Lipinski definition) is 11. The molecule has 266 valence electrons. The van der Waals surface area contributed by atoms with Gasteiger partial charge in [-0.3, -0.25) is 19.0 Å². The number of sulfonamides is 2. The number of amides is 2. The van der Waals surface area contributed by atoms with Gasteiger partial charge in [0, 0.05) is 0 Å². The topological polar surface area (TPSA) is 216 Å². The molecule has 1 heterocycles. The number of carbonyl (C=O) groups excluding carboxylic acids is 4. The molecule has 2 amide bonds. The summed E-state index contributed by atoms with van der Waals surface area (Å²) in [5.74, 6) is -3.27. The number of nitrogens with one attached hydrogen (secondary N) is 4. The number of para-hydroxylation sites is 4. The molecule has 0 saturated carbocycles. The molecule has 0 atom stereocenters. The van der Waals surface area contributed by atoms with Crippen molar-refractivity contribution in [3.8, 4) is 0 Å². The highest BCUT2D eigenvalue weighted by molar-refractivity contribution is 7.93. The van der Waals surface area contributed by atoms with Crippen LogP contribution in [-0.4, -0.2) is 59.8 Å². The second kappa shape index (κ2) is 15.5. The molecule has 0 saturated heterocycles. The highest BCUT2D eigenvalue weighted by Gasteiger charge is 2.25. The van der Waals surface area contributed by atoms with Gasteiger partial charge in [-0.15, -0.1) is 0 Å². The predicted octanol–water partition coefficient (Wildman–Crippen LogP) is 4.76. The van der Waals surface area contributed by atoms with Crippen molar-refractivity contribution < 1.29 is 45.5 Å². The Morgan fingerprint density at radius 1 is 0.481 bits per heavy atom. The molecule has 0 bridgehead atoms. The molecular weight excluding hydrogens is 715 g/mol.